The molecule has 0 aliphatic heterocycles. The van der Waals surface area contributed by atoms with Crippen LogP contribution in [0.15, 0.2) is 28.7 Å². The number of nitrogens with zero attached hydrogens (tertiary/aromatic N) is 1. The van der Waals surface area contributed by atoms with Gasteiger partial charge in [-0.15, -0.1) is 0 Å². The standard InChI is InChI=1S/C11H8BrNO4/c1-17-10(14)9-5-6-4-7(12)2-3-8(6)13(9)11(15)16/h2-5H,1H3,(H,15,16). The van der Waals surface area contributed by atoms with Gasteiger partial charge in [0.2, 0.25) is 0 Å². The van der Waals surface area contributed by atoms with Crippen molar-refractivity contribution in [2.24, 2.45) is 0 Å². The van der Waals surface area contributed by atoms with Gasteiger partial charge < -0.3 is 9.84 Å². The summed E-state index contributed by atoms with van der Waals surface area (Å²) in [5.74, 6) is -0.681. The highest BCUT2D eigenvalue weighted by molar-refractivity contribution is 9.10. The maximum absolute atomic E-state index is 11.5. The van der Waals surface area contributed by atoms with E-state index in [0.717, 1.165) is 9.04 Å². The van der Waals surface area contributed by atoms with Crippen molar-refractivity contribution in [2.75, 3.05) is 7.11 Å². The summed E-state index contributed by atoms with van der Waals surface area (Å²) < 4.78 is 6.27. The van der Waals surface area contributed by atoms with Crippen LogP contribution in [0, 0.1) is 0 Å². The Morgan fingerprint density at radius 3 is 2.65 bits per heavy atom. The Kier molecular flexibility index (Phi) is 2.89. The first-order chi connectivity index (χ1) is 8.04. The summed E-state index contributed by atoms with van der Waals surface area (Å²) in [5.41, 5.74) is 0.439. The number of carbonyl (C=O) groups is 2. The fraction of sp³-hybridized carbons (Fsp3) is 0.0909. The van der Waals surface area contributed by atoms with E-state index in [1.807, 2.05) is 0 Å². The summed E-state index contributed by atoms with van der Waals surface area (Å²) in [5, 5.41) is 9.76. The number of esters is 1. The topological polar surface area (TPSA) is 68.5 Å². The molecule has 0 radical (unpaired) electrons. The molecule has 0 bridgehead atoms. The van der Waals surface area contributed by atoms with E-state index in [1.54, 1.807) is 18.2 Å². The molecule has 1 heterocycles. The lowest BCUT2D eigenvalue weighted by Crippen LogP contribution is -2.16. The highest BCUT2D eigenvalue weighted by atomic mass is 79.9. The van der Waals surface area contributed by atoms with Crippen molar-refractivity contribution in [2.45, 2.75) is 0 Å². The average Bonchev–Trinajstić information content (AvgIpc) is 2.66. The van der Waals surface area contributed by atoms with Gasteiger partial charge in [-0.05, 0) is 24.3 Å². The van der Waals surface area contributed by atoms with Crippen LogP contribution >= 0.6 is 15.9 Å². The minimum atomic E-state index is -1.22. The number of aromatic nitrogens is 1. The average molecular weight is 298 g/mol. The van der Waals surface area contributed by atoms with Gasteiger partial charge in [-0.3, -0.25) is 0 Å². The molecule has 0 aliphatic rings. The Morgan fingerprint density at radius 1 is 1.35 bits per heavy atom. The zero-order valence-electron chi connectivity index (χ0n) is 8.81. The maximum Gasteiger partial charge on any atom is 0.416 e. The van der Waals surface area contributed by atoms with Crippen molar-refractivity contribution in [3.8, 4) is 0 Å². The molecule has 1 N–H and O–H groups in total. The molecule has 0 fully saturated rings. The van der Waals surface area contributed by atoms with Crippen molar-refractivity contribution in [3.05, 3.63) is 34.4 Å². The van der Waals surface area contributed by atoms with Crippen LogP contribution in [0.5, 0.6) is 0 Å². The summed E-state index contributed by atoms with van der Waals surface area (Å²) in [6.45, 7) is 0. The lowest BCUT2D eigenvalue weighted by atomic mass is 10.2. The summed E-state index contributed by atoms with van der Waals surface area (Å²) in [6.07, 6.45) is -1.22. The van der Waals surface area contributed by atoms with Gasteiger partial charge in [0.1, 0.15) is 5.69 Å². The molecule has 5 nitrogen and oxygen atoms in total. The van der Waals surface area contributed by atoms with E-state index in [1.165, 1.54) is 13.2 Å². The minimum absolute atomic E-state index is 0.00639. The predicted octanol–water partition coefficient (Wildman–Crippen LogP) is 2.72. The second kappa shape index (κ2) is 4.21. The lowest BCUT2D eigenvalue weighted by molar-refractivity contribution is 0.0588. The van der Waals surface area contributed by atoms with Crippen LogP contribution in [0.2, 0.25) is 0 Å². The fourth-order valence-corrected chi connectivity index (χ4v) is 2.03. The fourth-order valence-electron chi connectivity index (χ4n) is 1.65. The quantitative estimate of drug-likeness (QED) is 0.822. The summed E-state index contributed by atoms with van der Waals surface area (Å²) in [4.78, 5) is 22.6. The van der Waals surface area contributed by atoms with E-state index < -0.39 is 12.1 Å². The van der Waals surface area contributed by atoms with Crippen molar-refractivity contribution in [1.82, 2.24) is 4.57 Å². The minimum Gasteiger partial charge on any atom is -0.464 e. The highest BCUT2D eigenvalue weighted by Gasteiger charge is 2.20. The number of fused-ring (bicyclic) bond motifs is 1. The third-order valence-electron chi connectivity index (χ3n) is 2.35. The number of benzene rings is 1. The Bertz CT molecular complexity index is 617. The number of hydrogen-bond acceptors (Lipinski definition) is 3. The molecule has 1 aromatic carbocycles. The smallest absolute Gasteiger partial charge is 0.416 e. The molecule has 0 amide bonds. The van der Waals surface area contributed by atoms with Crippen LogP contribution in [-0.4, -0.2) is 28.8 Å². The van der Waals surface area contributed by atoms with E-state index in [-0.39, 0.29) is 5.69 Å². The zero-order chi connectivity index (χ0) is 12.6. The normalized spacial score (nSPS) is 10.5. The first kappa shape index (κ1) is 11.7. The molecule has 0 saturated heterocycles. The van der Waals surface area contributed by atoms with Crippen molar-refractivity contribution in [1.29, 1.82) is 0 Å². The summed E-state index contributed by atoms with van der Waals surface area (Å²) in [6, 6.07) is 6.56. The van der Waals surface area contributed by atoms with E-state index in [2.05, 4.69) is 20.7 Å². The van der Waals surface area contributed by atoms with E-state index in [9.17, 15) is 9.59 Å². The van der Waals surface area contributed by atoms with Gasteiger partial charge in [0.25, 0.3) is 0 Å². The Balaban J connectivity index is 2.79. The van der Waals surface area contributed by atoms with Gasteiger partial charge in [-0.1, -0.05) is 15.9 Å². The van der Waals surface area contributed by atoms with Gasteiger partial charge in [-0.25, -0.2) is 14.2 Å². The van der Waals surface area contributed by atoms with E-state index in [4.69, 9.17) is 5.11 Å². The van der Waals surface area contributed by atoms with Crippen molar-refractivity contribution >= 4 is 38.9 Å². The summed E-state index contributed by atoms with van der Waals surface area (Å²) in [7, 11) is 1.21. The van der Waals surface area contributed by atoms with Crippen LogP contribution < -0.4 is 0 Å². The SMILES string of the molecule is COC(=O)c1cc2cc(Br)ccc2n1C(=O)O. The van der Waals surface area contributed by atoms with Crippen LogP contribution in [0.1, 0.15) is 10.5 Å². The molecule has 2 rings (SSSR count). The Morgan fingerprint density at radius 2 is 2.06 bits per heavy atom. The number of methoxy groups -OCH3 is 1. The third-order valence-corrected chi connectivity index (χ3v) is 2.84. The van der Waals surface area contributed by atoms with Crippen LogP contribution in [0.4, 0.5) is 4.79 Å². The van der Waals surface area contributed by atoms with Gasteiger partial charge in [-0.2, -0.15) is 0 Å². The molecule has 0 unspecified atom stereocenters. The molecule has 0 atom stereocenters. The van der Waals surface area contributed by atoms with Gasteiger partial charge in [0.05, 0.1) is 12.6 Å². The monoisotopic (exact) mass is 297 g/mol. The molecular formula is C11H8BrNO4. The number of carbonyl (C=O) groups excluding carboxylic acids is 1. The third kappa shape index (κ3) is 1.91. The predicted molar refractivity (Wildman–Crippen MR) is 64.4 cm³/mol. The maximum atomic E-state index is 11.5. The number of ether oxygens (including phenoxy) is 1. The molecule has 17 heavy (non-hydrogen) atoms. The van der Waals surface area contributed by atoms with Crippen LogP contribution in [0.25, 0.3) is 10.9 Å². The molecule has 0 saturated carbocycles. The second-order valence-electron chi connectivity index (χ2n) is 3.34. The van der Waals surface area contributed by atoms with E-state index >= 15 is 0 Å². The van der Waals surface area contributed by atoms with Gasteiger partial charge in [0, 0.05) is 9.86 Å². The second-order valence-corrected chi connectivity index (χ2v) is 4.26. The Labute approximate surface area is 105 Å². The number of carboxylic acid groups (broad SMARTS) is 1. The first-order valence-corrected chi connectivity index (χ1v) is 5.46. The molecule has 0 spiro atoms. The largest absolute Gasteiger partial charge is 0.464 e. The lowest BCUT2D eigenvalue weighted by Gasteiger charge is -2.02. The number of rotatable bonds is 1. The number of halogens is 1. The first-order valence-electron chi connectivity index (χ1n) is 4.67. The van der Waals surface area contributed by atoms with Gasteiger partial charge >= 0.3 is 12.1 Å². The molecule has 88 valence electrons. The number of hydrogen-bond donors (Lipinski definition) is 1. The van der Waals surface area contributed by atoms with Gasteiger partial charge in [0.15, 0.2) is 0 Å². The highest BCUT2D eigenvalue weighted by Crippen LogP contribution is 2.24. The van der Waals surface area contributed by atoms with Crippen molar-refractivity contribution in [3.63, 3.8) is 0 Å². The molecule has 6 heteroatoms. The Hall–Kier alpha value is -1.82. The van der Waals surface area contributed by atoms with Crippen LogP contribution in [-0.2, 0) is 4.74 Å². The summed E-state index contributed by atoms with van der Waals surface area (Å²) >= 11 is 3.28. The molecule has 2 aromatic rings. The molecule has 0 aliphatic carbocycles. The van der Waals surface area contributed by atoms with Crippen molar-refractivity contribution < 1.29 is 19.4 Å². The van der Waals surface area contributed by atoms with E-state index in [0.29, 0.717) is 10.9 Å². The van der Waals surface area contributed by atoms with Crippen LogP contribution in [0.3, 0.4) is 0 Å². The molecular weight excluding hydrogens is 290 g/mol. The molecule has 1 aromatic heterocycles. The zero-order valence-corrected chi connectivity index (χ0v) is 10.4.